The Morgan fingerprint density at radius 3 is 3.15 bits per heavy atom. The average Bonchev–Trinajstić information content (AvgIpc) is 2.65. The predicted molar refractivity (Wildman–Crippen MR) is 52.6 cm³/mol. The molecule has 1 N–H and O–H groups in total. The van der Waals surface area contributed by atoms with Crippen molar-refractivity contribution < 1.29 is 0 Å². The van der Waals surface area contributed by atoms with Gasteiger partial charge in [-0.2, -0.15) is 0 Å². The van der Waals surface area contributed by atoms with Crippen molar-refractivity contribution in [2.75, 3.05) is 6.54 Å². The molecule has 1 aliphatic carbocycles. The zero-order valence-electron chi connectivity index (χ0n) is 7.56. The lowest BCUT2D eigenvalue weighted by molar-refractivity contribution is 0.136. The molecule has 1 saturated heterocycles. The second-order valence-electron chi connectivity index (χ2n) is 3.96. The summed E-state index contributed by atoms with van der Waals surface area (Å²) in [5.41, 5.74) is 0. The topological polar surface area (TPSA) is 15.3 Å². The van der Waals surface area contributed by atoms with Gasteiger partial charge in [0.2, 0.25) is 0 Å². The van der Waals surface area contributed by atoms with E-state index in [0.29, 0.717) is 12.1 Å². The van der Waals surface area contributed by atoms with Crippen LogP contribution in [0.4, 0.5) is 0 Å². The SMILES string of the molecule is C1=CC2CCN3C=CNC3C2C=C1. The average molecular weight is 174 g/mol. The first kappa shape index (κ1) is 7.25. The number of piperidine rings is 1. The summed E-state index contributed by atoms with van der Waals surface area (Å²) < 4.78 is 0. The lowest BCUT2D eigenvalue weighted by atomic mass is 9.80. The minimum Gasteiger partial charge on any atom is -0.370 e. The van der Waals surface area contributed by atoms with Gasteiger partial charge in [0.05, 0.1) is 0 Å². The molecule has 0 aromatic carbocycles. The van der Waals surface area contributed by atoms with E-state index in [2.05, 4.69) is 46.9 Å². The molecule has 3 aliphatic rings. The zero-order valence-corrected chi connectivity index (χ0v) is 7.56. The van der Waals surface area contributed by atoms with Crippen LogP contribution >= 0.6 is 0 Å². The number of nitrogens with one attached hydrogen (secondary N) is 1. The highest BCUT2D eigenvalue weighted by Gasteiger charge is 2.35. The molecule has 0 radical (unpaired) electrons. The Morgan fingerprint density at radius 2 is 2.15 bits per heavy atom. The maximum atomic E-state index is 3.42. The van der Waals surface area contributed by atoms with Gasteiger partial charge in [-0.1, -0.05) is 24.3 Å². The summed E-state index contributed by atoms with van der Waals surface area (Å²) in [6, 6.07) is 0. The van der Waals surface area contributed by atoms with Crippen molar-refractivity contribution in [1.82, 2.24) is 10.2 Å². The van der Waals surface area contributed by atoms with Gasteiger partial charge in [-0.15, -0.1) is 0 Å². The number of hydrogen-bond acceptors (Lipinski definition) is 2. The Morgan fingerprint density at radius 1 is 1.23 bits per heavy atom. The third kappa shape index (κ3) is 1.01. The number of hydrogen-bond donors (Lipinski definition) is 1. The summed E-state index contributed by atoms with van der Waals surface area (Å²) in [5.74, 6) is 1.41. The molecule has 2 heteroatoms. The maximum absolute atomic E-state index is 3.42. The Kier molecular flexibility index (Phi) is 1.48. The molecule has 0 amide bonds. The van der Waals surface area contributed by atoms with Crippen LogP contribution in [0, 0.1) is 11.8 Å². The molecule has 0 bridgehead atoms. The lowest BCUT2D eigenvalue weighted by Crippen LogP contribution is -2.48. The third-order valence-electron chi connectivity index (χ3n) is 3.27. The molecule has 0 saturated carbocycles. The van der Waals surface area contributed by atoms with Crippen LogP contribution in [0.5, 0.6) is 0 Å². The van der Waals surface area contributed by atoms with Crippen molar-refractivity contribution in [2.24, 2.45) is 11.8 Å². The minimum absolute atomic E-state index is 0.514. The maximum Gasteiger partial charge on any atom is 0.105 e. The van der Waals surface area contributed by atoms with Crippen molar-refractivity contribution in [3.05, 3.63) is 36.7 Å². The van der Waals surface area contributed by atoms with Gasteiger partial charge >= 0.3 is 0 Å². The largest absolute Gasteiger partial charge is 0.370 e. The van der Waals surface area contributed by atoms with Gasteiger partial charge in [0.25, 0.3) is 0 Å². The van der Waals surface area contributed by atoms with Crippen LogP contribution in [0.25, 0.3) is 0 Å². The molecule has 2 aliphatic heterocycles. The lowest BCUT2D eigenvalue weighted by Gasteiger charge is -2.41. The van der Waals surface area contributed by atoms with Crippen molar-refractivity contribution in [2.45, 2.75) is 12.6 Å². The molecule has 13 heavy (non-hydrogen) atoms. The van der Waals surface area contributed by atoms with Crippen molar-refractivity contribution in [1.29, 1.82) is 0 Å². The van der Waals surface area contributed by atoms with Gasteiger partial charge < -0.3 is 10.2 Å². The minimum atomic E-state index is 0.514. The zero-order chi connectivity index (χ0) is 8.67. The first-order chi connectivity index (χ1) is 6.45. The van der Waals surface area contributed by atoms with Crippen LogP contribution in [0.2, 0.25) is 0 Å². The second-order valence-corrected chi connectivity index (χ2v) is 3.96. The summed E-state index contributed by atoms with van der Waals surface area (Å²) >= 11 is 0. The molecular weight excluding hydrogens is 160 g/mol. The quantitative estimate of drug-likeness (QED) is 0.598. The fourth-order valence-electron chi connectivity index (χ4n) is 2.57. The highest BCUT2D eigenvalue weighted by molar-refractivity contribution is 5.19. The van der Waals surface area contributed by atoms with E-state index in [0.717, 1.165) is 5.92 Å². The van der Waals surface area contributed by atoms with Gasteiger partial charge in [0, 0.05) is 24.9 Å². The predicted octanol–water partition coefficient (Wildman–Crippen LogP) is 1.45. The number of allylic oxidation sites excluding steroid dienone is 3. The first-order valence-corrected chi connectivity index (χ1v) is 4.98. The van der Waals surface area contributed by atoms with E-state index in [4.69, 9.17) is 0 Å². The van der Waals surface area contributed by atoms with E-state index in [1.54, 1.807) is 0 Å². The summed E-state index contributed by atoms with van der Waals surface area (Å²) in [6.07, 6.45) is 15.1. The van der Waals surface area contributed by atoms with Crippen LogP contribution in [0.3, 0.4) is 0 Å². The Bertz CT molecular complexity index is 290. The van der Waals surface area contributed by atoms with Crippen LogP contribution in [0.1, 0.15) is 6.42 Å². The Labute approximate surface area is 78.6 Å². The van der Waals surface area contributed by atoms with E-state index in [1.807, 2.05) is 0 Å². The third-order valence-corrected chi connectivity index (χ3v) is 3.27. The Hall–Kier alpha value is -1.18. The number of nitrogens with zero attached hydrogens (tertiary/aromatic N) is 1. The van der Waals surface area contributed by atoms with Gasteiger partial charge in [-0.3, -0.25) is 0 Å². The molecule has 0 aromatic heterocycles. The standard InChI is InChI=1S/C11H14N2/c1-2-4-10-9(3-1)5-7-13-8-6-12-11(10)13/h1-4,6,8-12H,5,7H2. The van der Waals surface area contributed by atoms with Crippen molar-refractivity contribution >= 4 is 0 Å². The van der Waals surface area contributed by atoms with E-state index in [1.165, 1.54) is 13.0 Å². The Balaban J connectivity index is 1.88. The number of fused-ring (bicyclic) bond motifs is 3. The van der Waals surface area contributed by atoms with Gasteiger partial charge in [0.1, 0.15) is 6.17 Å². The molecule has 0 aromatic rings. The van der Waals surface area contributed by atoms with Crippen molar-refractivity contribution in [3.63, 3.8) is 0 Å². The van der Waals surface area contributed by atoms with Crippen LogP contribution in [-0.2, 0) is 0 Å². The van der Waals surface area contributed by atoms with E-state index >= 15 is 0 Å². The monoisotopic (exact) mass is 174 g/mol. The summed E-state index contributed by atoms with van der Waals surface area (Å²) in [7, 11) is 0. The normalized spacial score (nSPS) is 40.0. The second kappa shape index (κ2) is 2.66. The molecule has 0 spiro atoms. The van der Waals surface area contributed by atoms with E-state index < -0.39 is 0 Å². The fourth-order valence-corrected chi connectivity index (χ4v) is 2.57. The molecule has 2 heterocycles. The van der Waals surface area contributed by atoms with Gasteiger partial charge in [0.15, 0.2) is 0 Å². The van der Waals surface area contributed by atoms with E-state index in [9.17, 15) is 0 Å². The van der Waals surface area contributed by atoms with Crippen LogP contribution in [0.15, 0.2) is 36.7 Å². The fraction of sp³-hybridized carbons (Fsp3) is 0.455. The summed E-state index contributed by atoms with van der Waals surface area (Å²) in [5, 5.41) is 3.42. The number of rotatable bonds is 0. The van der Waals surface area contributed by atoms with Gasteiger partial charge in [-0.05, 0) is 12.3 Å². The van der Waals surface area contributed by atoms with Gasteiger partial charge in [-0.25, -0.2) is 0 Å². The van der Waals surface area contributed by atoms with Crippen LogP contribution < -0.4 is 5.32 Å². The van der Waals surface area contributed by atoms with Crippen LogP contribution in [-0.4, -0.2) is 17.6 Å². The molecule has 3 atom stereocenters. The summed E-state index contributed by atoms with van der Waals surface area (Å²) in [6.45, 7) is 1.19. The molecule has 3 unspecified atom stereocenters. The summed E-state index contributed by atoms with van der Waals surface area (Å²) in [4.78, 5) is 2.41. The molecule has 1 fully saturated rings. The molecular formula is C11H14N2. The highest BCUT2D eigenvalue weighted by atomic mass is 15.3. The highest BCUT2D eigenvalue weighted by Crippen LogP contribution is 2.33. The van der Waals surface area contributed by atoms with E-state index in [-0.39, 0.29) is 0 Å². The molecule has 3 rings (SSSR count). The molecule has 68 valence electrons. The molecule has 2 nitrogen and oxygen atoms in total. The smallest absolute Gasteiger partial charge is 0.105 e. The first-order valence-electron chi connectivity index (χ1n) is 4.98. The van der Waals surface area contributed by atoms with Crippen molar-refractivity contribution in [3.8, 4) is 0 Å².